The van der Waals surface area contributed by atoms with Crippen molar-refractivity contribution < 1.29 is 51.0 Å². The molecule has 0 aliphatic rings. The summed E-state index contributed by atoms with van der Waals surface area (Å²) in [7, 11) is 0. The Kier molecular flexibility index (Phi) is 64.8. The molecule has 0 fully saturated rings. The topological polar surface area (TPSA) is 138 Å². The number of carbonyl (C=O) groups is 2. The van der Waals surface area contributed by atoms with Gasteiger partial charge in [0.25, 0.3) is 11.9 Å². The van der Waals surface area contributed by atoms with Crippen LogP contribution in [0.25, 0.3) is 0 Å². The maximum absolute atomic E-state index is 9.00. The van der Waals surface area contributed by atoms with Crippen LogP contribution in [0.2, 0.25) is 0 Å². The SMILES string of the molecule is CC(=O)O.CC(=O)O.O.O.[H-].[Li+]. The van der Waals surface area contributed by atoms with Crippen LogP contribution in [0.5, 0.6) is 0 Å². The third kappa shape index (κ3) is 1790. The van der Waals surface area contributed by atoms with Crippen molar-refractivity contribution >= 4 is 11.9 Å². The van der Waals surface area contributed by atoms with Crippen LogP contribution in [0.3, 0.4) is 0 Å². The molecule has 0 aromatic heterocycles. The second-order valence-electron chi connectivity index (χ2n) is 1.04. The molecule has 11 heavy (non-hydrogen) atoms. The summed E-state index contributed by atoms with van der Waals surface area (Å²) in [4.78, 5) is 18.0. The maximum Gasteiger partial charge on any atom is 1.00 e. The normalized spacial score (nSPS) is 4.55. The van der Waals surface area contributed by atoms with Crippen LogP contribution in [0.4, 0.5) is 0 Å². The third-order valence-electron chi connectivity index (χ3n) is 0. The zero-order chi connectivity index (χ0) is 7.15. The first-order valence-electron chi connectivity index (χ1n) is 1.86. The van der Waals surface area contributed by atoms with Gasteiger partial charge in [-0.1, -0.05) is 0 Å². The van der Waals surface area contributed by atoms with E-state index in [-0.39, 0.29) is 31.2 Å². The molecule has 7 heteroatoms. The molecule has 0 aromatic carbocycles. The van der Waals surface area contributed by atoms with Gasteiger partial charge in [-0.15, -0.1) is 0 Å². The molecule has 66 valence electrons. The Labute approximate surface area is 77.5 Å². The molecule has 0 radical (unpaired) electrons. The van der Waals surface area contributed by atoms with Gasteiger partial charge >= 0.3 is 18.9 Å². The molecule has 0 amide bonds. The van der Waals surface area contributed by atoms with E-state index in [0.717, 1.165) is 13.8 Å². The van der Waals surface area contributed by atoms with Gasteiger partial charge in [-0.3, -0.25) is 9.59 Å². The first-order chi connectivity index (χ1) is 3.46. The summed E-state index contributed by atoms with van der Waals surface area (Å²) in [6.07, 6.45) is 0. The second kappa shape index (κ2) is 22.7. The Bertz CT molecular complexity index is 77.5. The van der Waals surface area contributed by atoms with Gasteiger partial charge in [-0.05, 0) is 0 Å². The Morgan fingerprint density at radius 1 is 1.00 bits per heavy atom. The van der Waals surface area contributed by atoms with Crippen LogP contribution in [0.15, 0.2) is 0 Å². The van der Waals surface area contributed by atoms with Gasteiger partial charge in [0.2, 0.25) is 0 Å². The van der Waals surface area contributed by atoms with E-state index in [1.807, 2.05) is 0 Å². The fourth-order valence-electron chi connectivity index (χ4n) is 0. The Morgan fingerprint density at radius 2 is 1.00 bits per heavy atom. The van der Waals surface area contributed by atoms with Crippen molar-refractivity contribution in [1.29, 1.82) is 0 Å². The molecule has 0 spiro atoms. The Morgan fingerprint density at radius 3 is 1.00 bits per heavy atom. The summed E-state index contributed by atoms with van der Waals surface area (Å²) in [6.45, 7) is 2.17. The van der Waals surface area contributed by atoms with Crippen molar-refractivity contribution in [3.8, 4) is 0 Å². The van der Waals surface area contributed by atoms with Crippen LogP contribution in [-0.4, -0.2) is 33.1 Å². The van der Waals surface area contributed by atoms with Crippen molar-refractivity contribution in [2.75, 3.05) is 0 Å². The molecule has 0 rings (SSSR count). The third-order valence-corrected chi connectivity index (χ3v) is 0. The van der Waals surface area contributed by atoms with Crippen molar-refractivity contribution in [1.82, 2.24) is 0 Å². The maximum atomic E-state index is 9.00. The van der Waals surface area contributed by atoms with Gasteiger partial charge in [0.05, 0.1) is 0 Å². The van der Waals surface area contributed by atoms with Crippen molar-refractivity contribution in [3.05, 3.63) is 0 Å². The van der Waals surface area contributed by atoms with Crippen molar-refractivity contribution in [3.63, 3.8) is 0 Å². The van der Waals surface area contributed by atoms with Crippen LogP contribution in [-0.2, 0) is 9.59 Å². The van der Waals surface area contributed by atoms with E-state index in [0.29, 0.717) is 0 Å². The Hall–Kier alpha value is -0.543. The number of rotatable bonds is 0. The summed E-state index contributed by atoms with van der Waals surface area (Å²) >= 11 is 0. The zero-order valence-electron chi connectivity index (χ0n) is 7.71. The van der Waals surface area contributed by atoms with E-state index in [9.17, 15) is 0 Å². The molecule has 6 N–H and O–H groups in total. The molecule has 0 bridgehead atoms. The Balaban J connectivity index is -0.0000000112. The summed E-state index contributed by atoms with van der Waals surface area (Å²) in [5, 5.41) is 14.8. The van der Waals surface area contributed by atoms with E-state index >= 15 is 0 Å². The van der Waals surface area contributed by atoms with Crippen molar-refractivity contribution in [2.45, 2.75) is 13.8 Å². The van der Waals surface area contributed by atoms with Gasteiger partial charge in [0.1, 0.15) is 0 Å². The van der Waals surface area contributed by atoms with E-state index in [4.69, 9.17) is 19.8 Å². The number of carboxylic acids is 2. The molecule has 0 aliphatic carbocycles. The van der Waals surface area contributed by atoms with E-state index < -0.39 is 11.9 Å². The minimum atomic E-state index is -0.833. The van der Waals surface area contributed by atoms with Crippen LogP contribution >= 0.6 is 0 Å². The minimum Gasteiger partial charge on any atom is -1.00 e. The molecule has 0 heterocycles. The second-order valence-corrected chi connectivity index (χ2v) is 1.04. The molecule has 0 atom stereocenters. The fraction of sp³-hybridized carbons (Fsp3) is 0.500. The van der Waals surface area contributed by atoms with Crippen LogP contribution < -0.4 is 18.9 Å². The molecular weight excluding hydrogens is 151 g/mol. The first kappa shape index (κ1) is 31.4. The molecule has 0 aliphatic heterocycles. The van der Waals surface area contributed by atoms with Gasteiger partial charge < -0.3 is 22.6 Å². The van der Waals surface area contributed by atoms with Gasteiger partial charge in [0.15, 0.2) is 0 Å². The zero-order valence-corrected chi connectivity index (χ0v) is 6.71. The van der Waals surface area contributed by atoms with Crippen molar-refractivity contribution in [2.24, 2.45) is 0 Å². The quantitative estimate of drug-likeness (QED) is 0.349. The molecular formula is C4H13LiO6. The minimum absolute atomic E-state index is 0. The van der Waals surface area contributed by atoms with Crippen LogP contribution in [0.1, 0.15) is 15.3 Å². The monoisotopic (exact) mass is 164 g/mol. The smallest absolute Gasteiger partial charge is 1.00 e. The van der Waals surface area contributed by atoms with Gasteiger partial charge in [0, 0.05) is 13.8 Å². The average Bonchev–Trinajstić information content (AvgIpc) is 1.25. The molecule has 0 unspecified atom stereocenters. The van der Waals surface area contributed by atoms with Gasteiger partial charge in [-0.2, -0.15) is 0 Å². The molecule has 0 aromatic rings. The summed E-state index contributed by atoms with van der Waals surface area (Å²) in [6, 6.07) is 0. The standard InChI is InChI=1S/2C2H4O2.Li.2H2O.H/c2*1-2(3)4;;;;/h2*1H3,(H,3,4);;2*1H2;/q;;+1;;;-1. The number of hydrogen-bond donors (Lipinski definition) is 2. The van der Waals surface area contributed by atoms with E-state index in [1.54, 1.807) is 0 Å². The molecule has 0 saturated heterocycles. The number of carboxylic acid groups (broad SMARTS) is 2. The molecule has 0 saturated carbocycles. The van der Waals surface area contributed by atoms with Crippen LogP contribution in [0, 0.1) is 0 Å². The van der Waals surface area contributed by atoms with E-state index in [1.165, 1.54) is 0 Å². The fourth-order valence-corrected chi connectivity index (χ4v) is 0. The summed E-state index contributed by atoms with van der Waals surface area (Å²) in [5.41, 5.74) is 0. The van der Waals surface area contributed by atoms with E-state index in [2.05, 4.69) is 0 Å². The predicted octanol–water partition coefficient (Wildman–Crippen LogP) is -4.35. The number of aliphatic carboxylic acids is 2. The largest absolute Gasteiger partial charge is 1.00 e. The number of hydrogen-bond acceptors (Lipinski definition) is 2. The van der Waals surface area contributed by atoms with Gasteiger partial charge in [-0.25, -0.2) is 0 Å². The molecule has 6 nitrogen and oxygen atoms in total. The summed E-state index contributed by atoms with van der Waals surface area (Å²) < 4.78 is 0. The summed E-state index contributed by atoms with van der Waals surface area (Å²) in [5.74, 6) is -1.67. The average molecular weight is 164 g/mol. The first-order valence-corrected chi connectivity index (χ1v) is 1.86. The predicted molar refractivity (Wildman–Crippen MR) is 35.0 cm³/mol.